The highest BCUT2D eigenvalue weighted by Crippen LogP contribution is 2.25. The number of benzene rings is 2. The average Bonchev–Trinajstić information content (AvgIpc) is 3.18. The van der Waals surface area contributed by atoms with E-state index in [2.05, 4.69) is 4.98 Å². The first-order chi connectivity index (χ1) is 15.4. The zero-order chi connectivity index (χ0) is 22.7. The smallest absolute Gasteiger partial charge is 0.243 e. The normalized spacial score (nSPS) is 15.1. The van der Waals surface area contributed by atoms with Gasteiger partial charge < -0.3 is 9.47 Å². The molecule has 0 spiro atoms. The van der Waals surface area contributed by atoms with Gasteiger partial charge in [0.05, 0.1) is 22.5 Å². The minimum atomic E-state index is -3.59. The third-order valence-corrected chi connectivity index (χ3v) is 8.58. The molecule has 0 N–H and O–H groups in total. The summed E-state index contributed by atoms with van der Waals surface area (Å²) in [5.41, 5.74) is 2.06. The van der Waals surface area contributed by atoms with E-state index >= 15 is 0 Å². The molecule has 1 aliphatic heterocycles. The fourth-order valence-electron chi connectivity index (χ4n) is 3.55. The Morgan fingerprint density at radius 1 is 1.03 bits per heavy atom. The van der Waals surface area contributed by atoms with Crippen LogP contribution in [-0.2, 0) is 21.9 Å². The van der Waals surface area contributed by atoms with Gasteiger partial charge >= 0.3 is 0 Å². The Kier molecular flexibility index (Phi) is 6.90. The number of hydrogen-bond acceptors (Lipinski definition) is 5. The average molecular weight is 491 g/mol. The number of thioether (sulfide) groups is 1. The van der Waals surface area contributed by atoms with Crippen molar-refractivity contribution in [2.45, 2.75) is 10.1 Å². The molecule has 1 fully saturated rings. The predicted molar refractivity (Wildman–Crippen MR) is 126 cm³/mol. The van der Waals surface area contributed by atoms with E-state index in [0.29, 0.717) is 18.1 Å². The number of rotatable bonds is 6. The first kappa shape index (κ1) is 22.8. The molecule has 1 amide bonds. The highest BCUT2D eigenvalue weighted by molar-refractivity contribution is 7.99. The van der Waals surface area contributed by atoms with Crippen LogP contribution in [0.15, 0.2) is 70.8 Å². The predicted octanol–water partition coefficient (Wildman–Crippen LogP) is 3.37. The second-order valence-electron chi connectivity index (χ2n) is 7.38. The largest absolute Gasteiger partial charge is 0.339 e. The van der Waals surface area contributed by atoms with Crippen LogP contribution in [0.5, 0.6) is 0 Å². The van der Waals surface area contributed by atoms with Crippen molar-refractivity contribution in [3.8, 4) is 11.3 Å². The summed E-state index contributed by atoms with van der Waals surface area (Å²) in [4.78, 5) is 19.1. The lowest BCUT2D eigenvalue weighted by atomic mass is 10.2. The van der Waals surface area contributed by atoms with Crippen molar-refractivity contribution in [1.82, 2.24) is 18.8 Å². The van der Waals surface area contributed by atoms with E-state index in [4.69, 9.17) is 11.6 Å². The van der Waals surface area contributed by atoms with Crippen LogP contribution in [0, 0.1) is 0 Å². The summed E-state index contributed by atoms with van der Waals surface area (Å²) in [6.45, 7) is 1.26. The van der Waals surface area contributed by atoms with Gasteiger partial charge in [-0.15, -0.1) is 0 Å². The lowest BCUT2D eigenvalue weighted by Gasteiger charge is -2.34. The second kappa shape index (κ2) is 9.66. The van der Waals surface area contributed by atoms with Gasteiger partial charge in [0.1, 0.15) is 0 Å². The van der Waals surface area contributed by atoms with Gasteiger partial charge in [-0.25, -0.2) is 13.4 Å². The zero-order valence-corrected chi connectivity index (χ0v) is 19.9. The number of hydrogen-bond donors (Lipinski definition) is 0. The Labute approximate surface area is 197 Å². The molecule has 2 aromatic carbocycles. The molecule has 1 aliphatic rings. The summed E-state index contributed by atoms with van der Waals surface area (Å²) in [6, 6.07) is 16.1. The van der Waals surface area contributed by atoms with Crippen molar-refractivity contribution in [2.75, 3.05) is 31.9 Å². The first-order valence-electron chi connectivity index (χ1n) is 10.1. The summed E-state index contributed by atoms with van der Waals surface area (Å²) in [6.07, 6.45) is 1.81. The summed E-state index contributed by atoms with van der Waals surface area (Å²) in [5, 5.41) is 1.25. The Morgan fingerprint density at radius 2 is 1.69 bits per heavy atom. The van der Waals surface area contributed by atoms with Crippen LogP contribution < -0.4 is 0 Å². The molecule has 7 nitrogen and oxygen atoms in total. The molecule has 0 atom stereocenters. The van der Waals surface area contributed by atoms with E-state index in [9.17, 15) is 13.2 Å². The lowest BCUT2D eigenvalue weighted by Crippen LogP contribution is -2.50. The highest BCUT2D eigenvalue weighted by atomic mass is 35.5. The number of halogens is 1. The third-order valence-electron chi connectivity index (χ3n) is 5.38. The molecule has 4 rings (SSSR count). The second-order valence-corrected chi connectivity index (χ2v) is 10.7. The van der Waals surface area contributed by atoms with E-state index in [1.807, 2.05) is 48.1 Å². The number of sulfonamides is 1. The highest BCUT2D eigenvalue weighted by Gasteiger charge is 2.30. The van der Waals surface area contributed by atoms with Crippen molar-refractivity contribution in [3.63, 3.8) is 0 Å². The van der Waals surface area contributed by atoms with Crippen LogP contribution in [0.2, 0.25) is 5.02 Å². The summed E-state index contributed by atoms with van der Waals surface area (Å²) in [5.74, 6) is 0.228. The van der Waals surface area contributed by atoms with Crippen molar-refractivity contribution in [2.24, 2.45) is 7.05 Å². The van der Waals surface area contributed by atoms with Crippen LogP contribution in [0.4, 0.5) is 0 Å². The van der Waals surface area contributed by atoms with Gasteiger partial charge in [-0.2, -0.15) is 4.31 Å². The van der Waals surface area contributed by atoms with E-state index < -0.39 is 10.0 Å². The molecule has 1 saturated heterocycles. The Morgan fingerprint density at radius 3 is 2.34 bits per heavy atom. The number of carbonyl (C=O) groups is 1. The van der Waals surface area contributed by atoms with Crippen LogP contribution in [0.25, 0.3) is 11.3 Å². The van der Waals surface area contributed by atoms with Gasteiger partial charge in [0.2, 0.25) is 15.9 Å². The molecule has 2 heterocycles. The summed E-state index contributed by atoms with van der Waals surface area (Å²) in [7, 11) is -1.66. The summed E-state index contributed by atoms with van der Waals surface area (Å²) >= 11 is 7.24. The molecule has 0 saturated carbocycles. The molecule has 0 radical (unpaired) electrons. The lowest BCUT2D eigenvalue weighted by molar-refractivity contribution is -0.129. The Hall–Kier alpha value is -2.33. The van der Waals surface area contributed by atoms with E-state index in [1.54, 1.807) is 17.0 Å². The minimum Gasteiger partial charge on any atom is -0.339 e. The van der Waals surface area contributed by atoms with Crippen molar-refractivity contribution in [1.29, 1.82) is 0 Å². The molecule has 0 unspecified atom stereocenters. The van der Waals surface area contributed by atoms with Crippen LogP contribution >= 0.6 is 23.4 Å². The minimum absolute atomic E-state index is 0.0252. The molecule has 0 aliphatic carbocycles. The Balaban J connectivity index is 1.33. The fraction of sp³-hybridized carbons (Fsp3) is 0.273. The quantitative estimate of drug-likeness (QED) is 0.495. The van der Waals surface area contributed by atoms with Gasteiger partial charge in [0.25, 0.3) is 0 Å². The topological polar surface area (TPSA) is 75.5 Å². The van der Waals surface area contributed by atoms with E-state index in [0.717, 1.165) is 16.4 Å². The number of aromatic nitrogens is 2. The molecule has 10 heteroatoms. The van der Waals surface area contributed by atoms with Crippen LogP contribution in [0.3, 0.4) is 0 Å². The maximum atomic E-state index is 12.8. The standard InChI is InChI=1S/C22H23ClN4O3S2/c1-25-20(17-5-3-2-4-6-17)15-24-22(25)31-16-21(28)26-11-13-27(14-12-26)32(29,30)19-9-7-18(23)8-10-19/h2-10,15H,11-14,16H2,1H3. The van der Waals surface area contributed by atoms with Crippen molar-refractivity contribution < 1.29 is 13.2 Å². The fourth-order valence-corrected chi connectivity index (χ4v) is 5.96. The molecule has 1 aromatic heterocycles. The number of carbonyl (C=O) groups excluding carboxylic acids is 1. The SMILES string of the molecule is Cn1c(-c2ccccc2)cnc1SCC(=O)N1CCN(S(=O)(=O)c2ccc(Cl)cc2)CC1. The Bertz CT molecular complexity index is 1190. The van der Waals surface area contributed by atoms with Crippen molar-refractivity contribution in [3.05, 3.63) is 65.8 Å². The number of nitrogens with zero attached hydrogens (tertiary/aromatic N) is 4. The molecule has 0 bridgehead atoms. The van der Waals surface area contributed by atoms with E-state index in [-0.39, 0.29) is 29.6 Å². The van der Waals surface area contributed by atoms with Gasteiger partial charge in [-0.05, 0) is 29.8 Å². The first-order valence-corrected chi connectivity index (χ1v) is 12.9. The van der Waals surface area contributed by atoms with Crippen molar-refractivity contribution >= 4 is 39.3 Å². The van der Waals surface area contributed by atoms with Gasteiger partial charge in [0, 0.05) is 38.2 Å². The molecule has 3 aromatic rings. The molecule has 168 valence electrons. The van der Waals surface area contributed by atoms with Gasteiger partial charge in [0.15, 0.2) is 5.16 Å². The van der Waals surface area contributed by atoms with Crippen LogP contribution in [0.1, 0.15) is 0 Å². The molecule has 32 heavy (non-hydrogen) atoms. The van der Waals surface area contributed by atoms with Crippen LogP contribution in [-0.4, -0.2) is 65.0 Å². The molecular weight excluding hydrogens is 468 g/mol. The monoisotopic (exact) mass is 490 g/mol. The third kappa shape index (κ3) is 4.85. The number of amides is 1. The van der Waals surface area contributed by atoms with Gasteiger partial charge in [-0.3, -0.25) is 4.79 Å². The van der Waals surface area contributed by atoms with E-state index in [1.165, 1.54) is 28.2 Å². The number of piperazine rings is 1. The maximum Gasteiger partial charge on any atom is 0.243 e. The van der Waals surface area contributed by atoms with Gasteiger partial charge in [-0.1, -0.05) is 53.7 Å². The molecular formula is C22H23ClN4O3S2. The maximum absolute atomic E-state index is 12.8. The zero-order valence-electron chi connectivity index (χ0n) is 17.5. The number of imidazole rings is 1. The summed E-state index contributed by atoms with van der Waals surface area (Å²) < 4.78 is 29.0.